The number of nitrogens with zero attached hydrogens (tertiary/aromatic N) is 2. The van der Waals surface area contributed by atoms with Gasteiger partial charge in [-0.05, 0) is 69.6 Å². The minimum absolute atomic E-state index is 0. The van der Waals surface area contributed by atoms with Crippen molar-refractivity contribution in [2.24, 2.45) is 10.8 Å². The summed E-state index contributed by atoms with van der Waals surface area (Å²) in [4.78, 5) is 9.34. The summed E-state index contributed by atoms with van der Waals surface area (Å²) in [7, 11) is -1.37. The van der Waals surface area contributed by atoms with Crippen molar-refractivity contribution in [3.63, 3.8) is 0 Å². The predicted molar refractivity (Wildman–Crippen MR) is 219 cm³/mol. The van der Waals surface area contributed by atoms with Crippen molar-refractivity contribution in [3.05, 3.63) is 139 Å². The monoisotopic (exact) mass is 879 g/mol. The van der Waals surface area contributed by atoms with E-state index in [1.165, 1.54) is 27.4 Å². The molecule has 3 aromatic heterocycles. The molecule has 7 aromatic rings. The zero-order chi connectivity index (χ0) is 36.4. The molecule has 3 nitrogen and oxygen atoms in total. The van der Waals surface area contributed by atoms with E-state index in [1.54, 1.807) is 0 Å². The topological polar surface area (TPSA) is 38.9 Å². The summed E-state index contributed by atoms with van der Waals surface area (Å²) in [6, 6.07) is 42.1. The number of fused-ring (bicyclic) bond motifs is 3. The van der Waals surface area contributed by atoms with Crippen LogP contribution in [0.4, 0.5) is 0 Å². The van der Waals surface area contributed by atoms with E-state index in [0.29, 0.717) is 0 Å². The molecular weight excluding hydrogens is 829 g/mol. The fraction of sp³-hybridized carbons (Fsp3) is 0.277. The Bertz CT molecular complexity index is 2260. The summed E-state index contributed by atoms with van der Waals surface area (Å²) in [6.07, 6.45) is 6.09. The number of furan rings is 1. The summed E-state index contributed by atoms with van der Waals surface area (Å²) in [5.74, 6) is 0. The minimum atomic E-state index is -1.37. The summed E-state index contributed by atoms with van der Waals surface area (Å²) < 4.78 is 6.30. The number of rotatable bonds is 6. The molecule has 0 aliphatic carbocycles. The van der Waals surface area contributed by atoms with Gasteiger partial charge in [-0.15, -0.1) is 54.1 Å². The zero-order valence-corrected chi connectivity index (χ0v) is 35.4. The van der Waals surface area contributed by atoms with Crippen molar-refractivity contribution >= 4 is 35.2 Å². The van der Waals surface area contributed by atoms with Gasteiger partial charge < -0.3 is 14.4 Å². The maximum atomic E-state index is 6.30. The number of hydrogen-bond acceptors (Lipinski definition) is 3. The van der Waals surface area contributed by atoms with E-state index < -0.39 is 8.07 Å². The van der Waals surface area contributed by atoms with Crippen LogP contribution < -0.4 is 5.19 Å². The normalized spacial score (nSPS) is 11.9. The maximum Gasteiger partial charge on any atom is 0.120 e. The molecule has 0 saturated heterocycles. The van der Waals surface area contributed by atoms with Crippen LogP contribution in [-0.2, 0) is 32.9 Å². The SMILES string of the molecule is CC(C)(C)Cc1cc(-c2[c-]cccc2)ncc1[Si](C)(C)C.CC(C)(C)Cc1ccnc(-c2[c-]ccc3c2oc2ccc(-c4ccccc4)cc23)c1.[Ir]. The molecule has 52 heavy (non-hydrogen) atoms. The van der Waals surface area contributed by atoms with Gasteiger partial charge in [0.25, 0.3) is 0 Å². The summed E-state index contributed by atoms with van der Waals surface area (Å²) in [5, 5.41) is 3.70. The Balaban J connectivity index is 0.000000210. The number of aromatic nitrogens is 2. The van der Waals surface area contributed by atoms with E-state index in [9.17, 15) is 0 Å². The van der Waals surface area contributed by atoms with Gasteiger partial charge in [-0.25, -0.2) is 0 Å². The second-order valence-electron chi connectivity index (χ2n) is 17.1. The molecule has 5 heteroatoms. The van der Waals surface area contributed by atoms with E-state index in [2.05, 4.69) is 157 Å². The largest absolute Gasteiger partial charge is 0.501 e. The number of benzene rings is 4. The van der Waals surface area contributed by atoms with Gasteiger partial charge in [0.15, 0.2) is 0 Å². The molecule has 1 radical (unpaired) electrons. The minimum Gasteiger partial charge on any atom is -0.501 e. The molecule has 269 valence electrons. The van der Waals surface area contributed by atoms with Crippen LogP contribution >= 0.6 is 0 Å². The first-order chi connectivity index (χ1) is 24.1. The second kappa shape index (κ2) is 15.8. The van der Waals surface area contributed by atoms with Crippen LogP contribution in [0.3, 0.4) is 0 Å². The molecule has 0 unspecified atom stereocenters. The smallest absolute Gasteiger partial charge is 0.120 e. The predicted octanol–water partition coefficient (Wildman–Crippen LogP) is 12.4. The zero-order valence-electron chi connectivity index (χ0n) is 32.0. The van der Waals surface area contributed by atoms with E-state index in [1.807, 2.05) is 36.5 Å². The van der Waals surface area contributed by atoms with Gasteiger partial charge in [-0.1, -0.05) is 132 Å². The van der Waals surface area contributed by atoms with Crippen molar-refractivity contribution in [2.45, 2.75) is 74.0 Å². The van der Waals surface area contributed by atoms with Crippen LogP contribution in [0.15, 0.2) is 120 Å². The molecule has 0 aliphatic rings. The molecule has 0 bridgehead atoms. The van der Waals surface area contributed by atoms with Gasteiger partial charge in [-0.3, -0.25) is 0 Å². The van der Waals surface area contributed by atoms with Crippen LogP contribution in [0, 0.1) is 23.0 Å². The average molecular weight is 879 g/mol. The van der Waals surface area contributed by atoms with E-state index >= 15 is 0 Å². The molecule has 4 aromatic carbocycles. The van der Waals surface area contributed by atoms with Gasteiger partial charge in [0.05, 0.1) is 13.7 Å². The summed E-state index contributed by atoms with van der Waals surface area (Å²) in [5.41, 5.74) is 11.3. The molecule has 0 spiro atoms. The Morgan fingerprint density at radius 2 is 1.38 bits per heavy atom. The van der Waals surface area contributed by atoms with Gasteiger partial charge >= 0.3 is 0 Å². The first-order valence-electron chi connectivity index (χ1n) is 18.0. The molecule has 0 saturated carbocycles. The van der Waals surface area contributed by atoms with E-state index in [0.717, 1.165) is 57.3 Å². The van der Waals surface area contributed by atoms with Crippen molar-refractivity contribution in [2.75, 3.05) is 0 Å². The summed E-state index contributed by atoms with van der Waals surface area (Å²) >= 11 is 0. The van der Waals surface area contributed by atoms with E-state index in [-0.39, 0.29) is 30.9 Å². The Kier molecular flexibility index (Phi) is 11.9. The standard InChI is InChI=1S/C28H24NO.C19H26NSi.Ir/c1-28(2,3)18-19-14-15-29-25(16-19)23-11-7-10-22-24-17-21(20-8-5-4-6-9-20)12-13-26(24)30-27(22)23;1-19(2,3)13-16-12-17(15-10-8-7-9-11-15)20-14-18(16)21(4,5)6;/h4-10,12-17H,18H2,1-3H3;7-10,12,14H,13H2,1-6H3;/q2*-1;. The van der Waals surface area contributed by atoms with Crippen molar-refractivity contribution in [3.8, 4) is 33.6 Å². The molecule has 0 aliphatic heterocycles. The molecule has 0 fully saturated rings. The van der Waals surface area contributed by atoms with Crippen LogP contribution in [0.5, 0.6) is 0 Å². The average Bonchev–Trinajstić information content (AvgIpc) is 3.46. The third kappa shape index (κ3) is 9.63. The van der Waals surface area contributed by atoms with Crippen LogP contribution in [0.1, 0.15) is 52.7 Å². The first kappa shape index (κ1) is 39.1. The molecule has 7 rings (SSSR count). The Morgan fingerprint density at radius 3 is 2.06 bits per heavy atom. The summed E-state index contributed by atoms with van der Waals surface area (Å²) in [6.45, 7) is 20.8. The quantitative estimate of drug-likeness (QED) is 0.123. The van der Waals surface area contributed by atoms with Crippen LogP contribution in [0.2, 0.25) is 19.6 Å². The fourth-order valence-corrected chi connectivity index (χ4v) is 8.24. The van der Waals surface area contributed by atoms with Crippen LogP contribution in [-0.4, -0.2) is 18.0 Å². The first-order valence-corrected chi connectivity index (χ1v) is 21.5. The fourth-order valence-electron chi connectivity index (χ4n) is 6.67. The molecule has 0 atom stereocenters. The molecule has 3 heterocycles. The number of pyridine rings is 2. The van der Waals surface area contributed by atoms with Gasteiger partial charge in [-0.2, -0.15) is 0 Å². The maximum absolute atomic E-state index is 6.30. The Morgan fingerprint density at radius 1 is 0.654 bits per heavy atom. The van der Waals surface area contributed by atoms with Gasteiger partial charge in [0, 0.05) is 37.9 Å². The van der Waals surface area contributed by atoms with Crippen molar-refractivity contribution < 1.29 is 24.5 Å². The Hall–Kier alpha value is -4.15. The van der Waals surface area contributed by atoms with Crippen LogP contribution in [0.25, 0.3) is 55.6 Å². The van der Waals surface area contributed by atoms with E-state index in [4.69, 9.17) is 9.40 Å². The molecular formula is C47H50IrN2OSi-2. The second-order valence-corrected chi connectivity index (χ2v) is 22.1. The molecule has 0 amide bonds. The third-order valence-electron chi connectivity index (χ3n) is 8.86. The van der Waals surface area contributed by atoms with Gasteiger partial charge in [0.2, 0.25) is 0 Å². The number of hydrogen-bond donors (Lipinski definition) is 0. The Labute approximate surface area is 325 Å². The van der Waals surface area contributed by atoms with Crippen molar-refractivity contribution in [1.82, 2.24) is 9.97 Å². The molecule has 0 N–H and O–H groups in total. The third-order valence-corrected chi connectivity index (χ3v) is 10.9. The van der Waals surface area contributed by atoms with Crippen molar-refractivity contribution in [1.29, 1.82) is 0 Å². The van der Waals surface area contributed by atoms with Gasteiger partial charge in [0.1, 0.15) is 5.58 Å².